The lowest BCUT2D eigenvalue weighted by Gasteiger charge is -2.11. The van der Waals surface area contributed by atoms with Crippen molar-refractivity contribution >= 4 is 22.4 Å². The summed E-state index contributed by atoms with van der Waals surface area (Å²) in [5.41, 5.74) is 1.40. The lowest BCUT2D eigenvalue weighted by molar-refractivity contribution is 0.648. The molecule has 1 unspecified atom stereocenters. The van der Waals surface area contributed by atoms with Gasteiger partial charge in [0.05, 0.1) is 0 Å². The summed E-state index contributed by atoms with van der Waals surface area (Å²) in [6.45, 7) is 1.14. The SMILES string of the molecule is Clc1ccc2cc(C3CCCN3)ccc2c1. The average Bonchev–Trinajstić information content (AvgIpc) is 2.82. The summed E-state index contributed by atoms with van der Waals surface area (Å²) in [6.07, 6.45) is 2.53. The molecule has 0 amide bonds. The van der Waals surface area contributed by atoms with Crippen LogP contribution in [0.4, 0.5) is 0 Å². The molecule has 1 saturated heterocycles. The summed E-state index contributed by atoms with van der Waals surface area (Å²) in [5, 5.41) is 6.82. The van der Waals surface area contributed by atoms with Gasteiger partial charge in [0, 0.05) is 11.1 Å². The quantitative estimate of drug-likeness (QED) is 0.785. The predicted molar refractivity (Wildman–Crippen MR) is 68.9 cm³/mol. The fraction of sp³-hybridized carbons (Fsp3) is 0.286. The molecule has 1 atom stereocenters. The van der Waals surface area contributed by atoms with Crippen molar-refractivity contribution in [3.8, 4) is 0 Å². The maximum absolute atomic E-state index is 5.97. The number of benzene rings is 2. The molecular formula is C14H14ClN. The van der Waals surface area contributed by atoms with Gasteiger partial charge < -0.3 is 5.32 Å². The first-order valence-corrected chi connectivity index (χ1v) is 6.13. The maximum atomic E-state index is 5.97. The summed E-state index contributed by atoms with van der Waals surface area (Å²) in [4.78, 5) is 0. The van der Waals surface area contributed by atoms with E-state index >= 15 is 0 Å². The van der Waals surface area contributed by atoms with E-state index in [2.05, 4.69) is 29.6 Å². The van der Waals surface area contributed by atoms with Crippen LogP contribution >= 0.6 is 11.6 Å². The Bertz CT molecular complexity index is 515. The first kappa shape index (κ1) is 10.1. The number of hydrogen-bond donors (Lipinski definition) is 1. The molecular weight excluding hydrogens is 218 g/mol. The van der Waals surface area contributed by atoms with Gasteiger partial charge in [-0.05, 0) is 53.9 Å². The third kappa shape index (κ3) is 1.81. The molecule has 82 valence electrons. The normalized spacial score (nSPS) is 20.4. The second-order valence-electron chi connectivity index (χ2n) is 4.40. The van der Waals surface area contributed by atoms with Crippen molar-refractivity contribution in [3.63, 3.8) is 0 Å². The Balaban J connectivity index is 2.05. The highest BCUT2D eigenvalue weighted by molar-refractivity contribution is 6.31. The van der Waals surface area contributed by atoms with E-state index < -0.39 is 0 Å². The molecule has 1 fully saturated rings. The van der Waals surface area contributed by atoms with Crippen molar-refractivity contribution in [2.45, 2.75) is 18.9 Å². The lowest BCUT2D eigenvalue weighted by Crippen LogP contribution is -2.12. The summed E-state index contributed by atoms with van der Waals surface area (Å²) in [6, 6.07) is 13.3. The van der Waals surface area contributed by atoms with E-state index in [1.54, 1.807) is 0 Å². The molecule has 0 aromatic heterocycles. The van der Waals surface area contributed by atoms with Gasteiger partial charge in [0.2, 0.25) is 0 Å². The number of nitrogens with one attached hydrogen (secondary N) is 1. The Kier molecular flexibility index (Phi) is 2.58. The largest absolute Gasteiger partial charge is 0.310 e. The topological polar surface area (TPSA) is 12.0 Å². The van der Waals surface area contributed by atoms with E-state index in [9.17, 15) is 0 Å². The fourth-order valence-electron chi connectivity index (χ4n) is 2.42. The first-order valence-electron chi connectivity index (χ1n) is 5.75. The van der Waals surface area contributed by atoms with Crippen LogP contribution in [0.25, 0.3) is 10.8 Å². The predicted octanol–water partition coefficient (Wildman–Crippen LogP) is 3.92. The zero-order chi connectivity index (χ0) is 11.0. The van der Waals surface area contributed by atoms with Crippen LogP contribution in [0.1, 0.15) is 24.4 Å². The van der Waals surface area contributed by atoms with Gasteiger partial charge in [0.25, 0.3) is 0 Å². The van der Waals surface area contributed by atoms with Crippen LogP contribution in [0.15, 0.2) is 36.4 Å². The Morgan fingerprint density at radius 2 is 1.88 bits per heavy atom. The van der Waals surface area contributed by atoms with Gasteiger partial charge in [0.15, 0.2) is 0 Å². The molecule has 2 aromatic carbocycles. The molecule has 0 bridgehead atoms. The van der Waals surface area contributed by atoms with Gasteiger partial charge in [-0.25, -0.2) is 0 Å². The second-order valence-corrected chi connectivity index (χ2v) is 4.84. The Morgan fingerprint density at radius 1 is 1.06 bits per heavy atom. The summed E-state index contributed by atoms with van der Waals surface area (Å²) >= 11 is 5.97. The molecule has 1 heterocycles. The third-order valence-corrected chi connectivity index (χ3v) is 3.52. The van der Waals surface area contributed by atoms with E-state index in [1.165, 1.54) is 29.2 Å². The number of rotatable bonds is 1. The van der Waals surface area contributed by atoms with E-state index in [0.29, 0.717) is 6.04 Å². The van der Waals surface area contributed by atoms with Crippen molar-refractivity contribution in [2.24, 2.45) is 0 Å². The zero-order valence-corrected chi connectivity index (χ0v) is 9.80. The molecule has 2 heteroatoms. The Labute approximate surface area is 100 Å². The van der Waals surface area contributed by atoms with Crippen LogP contribution in [0, 0.1) is 0 Å². The monoisotopic (exact) mass is 231 g/mol. The van der Waals surface area contributed by atoms with Gasteiger partial charge in [-0.3, -0.25) is 0 Å². The molecule has 0 radical (unpaired) electrons. The number of fused-ring (bicyclic) bond motifs is 1. The lowest BCUT2D eigenvalue weighted by atomic mass is 10.0. The molecule has 0 saturated carbocycles. The minimum atomic E-state index is 0.542. The zero-order valence-electron chi connectivity index (χ0n) is 9.04. The van der Waals surface area contributed by atoms with Crippen LogP contribution in [-0.2, 0) is 0 Å². The molecule has 0 spiro atoms. The fourth-order valence-corrected chi connectivity index (χ4v) is 2.60. The molecule has 1 aliphatic heterocycles. The minimum absolute atomic E-state index is 0.542. The van der Waals surface area contributed by atoms with E-state index in [4.69, 9.17) is 11.6 Å². The summed E-state index contributed by atoms with van der Waals surface area (Å²) in [5.74, 6) is 0. The Hall–Kier alpha value is -1.05. The average molecular weight is 232 g/mol. The number of hydrogen-bond acceptors (Lipinski definition) is 1. The highest BCUT2D eigenvalue weighted by atomic mass is 35.5. The molecule has 0 aliphatic carbocycles. The van der Waals surface area contributed by atoms with Gasteiger partial charge in [0.1, 0.15) is 0 Å². The van der Waals surface area contributed by atoms with Crippen molar-refractivity contribution in [1.82, 2.24) is 5.32 Å². The molecule has 1 aliphatic rings. The second kappa shape index (κ2) is 4.08. The standard InChI is InChI=1S/C14H14ClN/c15-13-6-5-10-8-12(4-3-11(10)9-13)14-2-1-7-16-14/h3-6,8-9,14,16H,1-2,7H2. The van der Waals surface area contributed by atoms with Gasteiger partial charge in [-0.15, -0.1) is 0 Å². The van der Waals surface area contributed by atoms with Crippen molar-refractivity contribution in [2.75, 3.05) is 6.54 Å². The first-order chi connectivity index (χ1) is 7.83. The van der Waals surface area contributed by atoms with Crippen molar-refractivity contribution in [3.05, 3.63) is 47.0 Å². The van der Waals surface area contributed by atoms with Crippen molar-refractivity contribution < 1.29 is 0 Å². The Morgan fingerprint density at radius 3 is 2.69 bits per heavy atom. The molecule has 1 nitrogen and oxygen atoms in total. The van der Waals surface area contributed by atoms with Gasteiger partial charge >= 0.3 is 0 Å². The van der Waals surface area contributed by atoms with Crippen LogP contribution in [0.3, 0.4) is 0 Å². The van der Waals surface area contributed by atoms with Crippen LogP contribution in [-0.4, -0.2) is 6.54 Å². The molecule has 2 aromatic rings. The van der Waals surface area contributed by atoms with Crippen molar-refractivity contribution in [1.29, 1.82) is 0 Å². The van der Waals surface area contributed by atoms with Gasteiger partial charge in [-0.1, -0.05) is 29.8 Å². The maximum Gasteiger partial charge on any atom is 0.0412 e. The highest BCUT2D eigenvalue weighted by Gasteiger charge is 2.15. The van der Waals surface area contributed by atoms with Crippen LogP contribution in [0.5, 0.6) is 0 Å². The summed E-state index contributed by atoms with van der Waals surface area (Å²) in [7, 11) is 0. The molecule has 16 heavy (non-hydrogen) atoms. The van der Waals surface area contributed by atoms with E-state index in [0.717, 1.165) is 11.6 Å². The van der Waals surface area contributed by atoms with Crippen LogP contribution < -0.4 is 5.32 Å². The number of halogens is 1. The highest BCUT2D eigenvalue weighted by Crippen LogP contribution is 2.27. The van der Waals surface area contributed by atoms with E-state index in [1.807, 2.05) is 12.1 Å². The van der Waals surface area contributed by atoms with Gasteiger partial charge in [-0.2, -0.15) is 0 Å². The summed E-state index contributed by atoms with van der Waals surface area (Å²) < 4.78 is 0. The minimum Gasteiger partial charge on any atom is -0.310 e. The smallest absolute Gasteiger partial charge is 0.0412 e. The molecule has 3 rings (SSSR count). The third-order valence-electron chi connectivity index (χ3n) is 3.29. The molecule has 1 N–H and O–H groups in total. The van der Waals surface area contributed by atoms with E-state index in [-0.39, 0.29) is 0 Å². The van der Waals surface area contributed by atoms with Crippen LogP contribution in [0.2, 0.25) is 5.02 Å².